The van der Waals surface area contributed by atoms with Crippen LogP contribution in [0, 0.1) is 0 Å². The molecule has 0 radical (unpaired) electrons. The first-order valence-corrected chi connectivity index (χ1v) is 6.61. The average molecular weight is 383 g/mol. The molecule has 0 aliphatic heterocycles. The number of hydrogen-bond donors (Lipinski definition) is 3. The minimum atomic E-state index is -4.45. The summed E-state index contributed by atoms with van der Waals surface area (Å²) < 4.78 is 38.1. The smallest absolute Gasteiger partial charge is 0.338 e. The van der Waals surface area contributed by atoms with Crippen LogP contribution >= 0.6 is 27.5 Å². The largest absolute Gasteiger partial charge is 0.416 e. The van der Waals surface area contributed by atoms with Gasteiger partial charge >= 0.3 is 6.18 Å². The molecule has 0 spiro atoms. The topological polar surface area (TPSA) is 75.9 Å². The first kappa shape index (κ1) is 15.8. The number of aromatic nitrogens is 2. The number of anilines is 3. The quantitative estimate of drug-likeness (QED) is 0.554. The number of hydrogen-bond acceptors (Lipinski definition) is 5. The van der Waals surface area contributed by atoms with Gasteiger partial charge in [-0.15, -0.1) is 0 Å². The molecule has 0 fully saturated rings. The fraction of sp³-hybridized carbons (Fsp3) is 0.0909. The van der Waals surface area contributed by atoms with E-state index in [2.05, 4.69) is 36.6 Å². The number of nitrogens with zero attached hydrogens (tertiary/aromatic N) is 2. The Balaban J connectivity index is 2.33. The minimum absolute atomic E-state index is 0.0856. The maximum Gasteiger partial charge on any atom is 0.416 e. The Hall–Kier alpha value is -1.58. The van der Waals surface area contributed by atoms with E-state index in [0.29, 0.717) is 16.1 Å². The Morgan fingerprint density at radius 3 is 2.43 bits per heavy atom. The lowest BCUT2D eigenvalue weighted by Crippen LogP contribution is -2.10. The minimum Gasteiger partial charge on any atom is -0.338 e. The van der Waals surface area contributed by atoms with Crippen molar-refractivity contribution in [2.75, 3.05) is 10.7 Å². The molecule has 2 rings (SSSR count). The summed E-state index contributed by atoms with van der Waals surface area (Å²) >= 11 is 9.07. The Kier molecular flexibility index (Phi) is 4.55. The molecule has 0 amide bonds. The molecular weight excluding hydrogens is 375 g/mol. The number of nitrogens with one attached hydrogen (secondary N) is 2. The Morgan fingerprint density at radius 2 is 1.86 bits per heavy atom. The third-order valence-electron chi connectivity index (χ3n) is 2.48. The highest BCUT2D eigenvalue weighted by Crippen LogP contribution is 2.36. The maximum atomic E-state index is 12.6. The van der Waals surface area contributed by atoms with Crippen molar-refractivity contribution in [2.45, 2.75) is 6.18 Å². The molecule has 0 aliphatic rings. The molecule has 2 aromatic rings. The second-order valence-corrected chi connectivity index (χ2v) is 5.05. The maximum absolute atomic E-state index is 12.6. The van der Waals surface area contributed by atoms with Crippen LogP contribution in [0.15, 0.2) is 29.0 Å². The molecule has 5 nitrogen and oxygen atoms in total. The van der Waals surface area contributed by atoms with Gasteiger partial charge < -0.3 is 10.7 Å². The van der Waals surface area contributed by atoms with Crippen molar-refractivity contribution in [2.24, 2.45) is 5.84 Å². The summed E-state index contributed by atoms with van der Waals surface area (Å²) in [5, 5.41) is 2.72. The summed E-state index contributed by atoms with van der Waals surface area (Å²) in [6, 6.07) is 2.97. The van der Waals surface area contributed by atoms with Crippen molar-refractivity contribution in [1.82, 2.24) is 9.97 Å². The average Bonchev–Trinajstić information content (AvgIpc) is 2.42. The summed E-state index contributed by atoms with van der Waals surface area (Å²) in [4.78, 5) is 7.80. The van der Waals surface area contributed by atoms with Gasteiger partial charge in [0.2, 0.25) is 0 Å². The number of nitrogen functional groups attached to an aromatic ring is 1. The van der Waals surface area contributed by atoms with Crippen LogP contribution in [0.2, 0.25) is 5.02 Å². The molecule has 1 heterocycles. The van der Waals surface area contributed by atoms with Gasteiger partial charge in [0.15, 0.2) is 5.82 Å². The zero-order chi connectivity index (χ0) is 15.6. The summed E-state index contributed by atoms with van der Waals surface area (Å²) in [5.74, 6) is 5.88. The number of halogens is 5. The number of benzene rings is 1. The van der Waals surface area contributed by atoms with Crippen molar-refractivity contribution in [3.8, 4) is 0 Å². The third kappa shape index (κ3) is 3.55. The first-order chi connectivity index (χ1) is 9.82. The number of hydrazine groups is 1. The molecule has 0 saturated carbocycles. The van der Waals surface area contributed by atoms with E-state index in [1.54, 1.807) is 0 Å². The molecule has 0 saturated heterocycles. The van der Waals surface area contributed by atoms with Crippen LogP contribution < -0.4 is 16.6 Å². The Labute approximate surface area is 130 Å². The summed E-state index contributed by atoms with van der Waals surface area (Å²) in [6.45, 7) is 0. The second kappa shape index (κ2) is 6.04. The highest BCUT2D eigenvalue weighted by molar-refractivity contribution is 9.10. The SMILES string of the molecule is NNc1ncnc(Nc2ccc(C(F)(F)F)cc2Cl)c1Br. The van der Waals surface area contributed by atoms with Crippen molar-refractivity contribution in [1.29, 1.82) is 0 Å². The van der Waals surface area contributed by atoms with Crippen LogP contribution in [0.4, 0.5) is 30.5 Å². The highest BCUT2D eigenvalue weighted by atomic mass is 79.9. The zero-order valence-electron chi connectivity index (χ0n) is 10.2. The molecule has 0 aliphatic carbocycles. The van der Waals surface area contributed by atoms with Crippen molar-refractivity contribution >= 4 is 44.9 Å². The van der Waals surface area contributed by atoms with Gasteiger partial charge in [0.1, 0.15) is 16.6 Å². The molecule has 10 heteroatoms. The van der Waals surface area contributed by atoms with E-state index in [1.807, 2.05) is 0 Å². The zero-order valence-corrected chi connectivity index (χ0v) is 12.5. The lowest BCUT2D eigenvalue weighted by Gasteiger charge is -2.13. The molecule has 4 N–H and O–H groups in total. The van der Waals surface area contributed by atoms with Crippen LogP contribution in [0.1, 0.15) is 5.56 Å². The standard InChI is InChI=1S/C11H8BrClF3N5/c12-8-9(18-4-19-10(8)21-17)20-7-2-1-5(3-6(7)13)11(14,15)16/h1-4H,17H2,(H2,18,19,20,21). The van der Waals surface area contributed by atoms with Crippen molar-refractivity contribution in [3.05, 3.63) is 39.6 Å². The predicted molar refractivity (Wildman–Crippen MR) is 77.3 cm³/mol. The monoisotopic (exact) mass is 381 g/mol. The fourth-order valence-electron chi connectivity index (χ4n) is 1.48. The second-order valence-electron chi connectivity index (χ2n) is 3.85. The molecule has 1 aromatic heterocycles. The van der Waals surface area contributed by atoms with E-state index in [4.69, 9.17) is 17.4 Å². The predicted octanol–water partition coefficient (Wildman–Crippen LogP) is 3.94. The van der Waals surface area contributed by atoms with Gasteiger partial charge in [0, 0.05) is 0 Å². The molecule has 0 unspecified atom stereocenters. The lowest BCUT2D eigenvalue weighted by atomic mass is 10.2. The van der Waals surface area contributed by atoms with Gasteiger partial charge in [-0.05, 0) is 34.1 Å². The molecule has 1 aromatic carbocycles. The molecule has 21 heavy (non-hydrogen) atoms. The summed E-state index contributed by atoms with van der Waals surface area (Å²) in [7, 11) is 0. The highest BCUT2D eigenvalue weighted by Gasteiger charge is 2.30. The molecule has 0 bridgehead atoms. The Morgan fingerprint density at radius 1 is 1.19 bits per heavy atom. The van der Waals surface area contributed by atoms with E-state index in [0.717, 1.165) is 12.1 Å². The molecule has 0 atom stereocenters. The van der Waals surface area contributed by atoms with Crippen LogP contribution in [0.5, 0.6) is 0 Å². The first-order valence-electron chi connectivity index (χ1n) is 5.44. The van der Waals surface area contributed by atoms with Crippen LogP contribution in [-0.4, -0.2) is 9.97 Å². The molecular formula is C11H8BrClF3N5. The van der Waals surface area contributed by atoms with E-state index in [1.165, 1.54) is 12.4 Å². The van der Waals surface area contributed by atoms with Gasteiger partial charge in [-0.3, -0.25) is 0 Å². The van der Waals surface area contributed by atoms with Gasteiger partial charge in [0.25, 0.3) is 0 Å². The normalized spacial score (nSPS) is 11.3. The number of alkyl halides is 3. The Bertz CT molecular complexity index is 665. The number of nitrogens with two attached hydrogens (primary N) is 1. The van der Waals surface area contributed by atoms with E-state index in [9.17, 15) is 13.2 Å². The van der Waals surface area contributed by atoms with Gasteiger partial charge in [-0.2, -0.15) is 13.2 Å². The van der Waals surface area contributed by atoms with Crippen molar-refractivity contribution in [3.63, 3.8) is 0 Å². The summed E-state index contributed by atoms with van der Waals surface area (Å²) in [6.07, 6.45) is -3.21. The summed E-state index contributed by atoms with van der Waals surface area (Å²) in [5.41, 5.74) is 1.79. The van der Waals surface area contributed by atoms with Gasteiger partial charge in [0.05, 0.1) is 16.3 Å². The lowest BCUT2D eigenvalue weighted by molar-refractivity contribution is -0.137. The van der Waals surface area contributed by atoms with Gasteiger partial charge in [-0.1, -0.05) is 11.6 Å². The van der Waals surface area contributed by atoms with Crippen LogP contribution in [0.3, 0.4) is 0 Å². The van der Waals surface area contributed by atoms with Crippen LogP contribution in [0.25, 0.3) is 0 Å². The number of rotatable bonds is 3. The van der Waals surface area contributed by atoms with Gasteiger partial charge in [-0.25, -0.2) is 15.8 Å². The van der Waals surface area contributed by atoms with E-state index < -0.39 is 11.7 Å². The fourth-order valence-corrected chi connectivity index (χ4v) is 2.12. The van der Waals surface area contributed by atoms with E-state index in [-0.39, 0.29) is 10.7 Å². The van der Waals surface area contributed by atoms with Crippen molar-refractivity contribution < 1.29 is 13.2 Å². The third-order valence-corrected chi connectivity index (χ3v) is 3.54. The van der Waals surface area contributed by atoms with Crippen LogP contribution in [-0.2, 0) is 6.18 Å². The molecule has 112 valence electrons. The van der Waals surface area contributed by atoms with E-state index >= 15 is 0 Å².